The monoisotopic (exact) mass is 186 g/mol. The van der Waals surface area contributed by atoms with E-state index in [-0.39, 0.29) is 0 Å². The van der Waals surface area contributed by atoms with E-state index in [1.54, 1.807) is 0 Å². The van der Waals surface area contributed by atoms with Crippen molar-refractivity contribution in [2.45, 2.75) is 13.3 Å². The summed E-state index contributed by atoms with van der Waals surface area (Å²) in [6.45, 7) is 10.5. The molecule has 13 heavy (non-hydrogen) atoms. The zero-order chi connectivity index (χ0) is 9.73. The third kappa shape index (κ3) is 3.25. The first-order valence-corrected chi connectivity index (χ1v) is 5.46. The van der Waals surface area contributed by atoms with Crippen molar-refractivity contribution in [2.24, 2.45) is 5.73 Å². The van der Waals surface area contributed by atoms with Crippen molar-refractivity contribution in [1.29, 1.82) is 0 Å². The van der Waals surface area contributed by atoms with Gasteiger partial charge in [0.15, 0.2) is 0 Å². The van der Waals surface area contributed by atoms with Crippen molar-refractivity contribution in [2.75, 3.05) is 52.9 Å². The highest BCUT2D eigenvalue weighted by Crippen LogP contribution is 2.10. The molecule has 0 aliphatic carbocycles. The highest BCUT2D eigenvalue weighted by molar-refractivity contribution is 4.63. The van der Waals surface area contributed by atoms with Crippen molar-refractivity contribution in [3.05, 3.63) is 0 Å². The maximum atomic E-state index is 5.54. The molecule has 2 N–H and O–H groups in total. The van der Waals surface area contributed by atoms with Crippen LogP contribution in [0.25, 0.3) is 0 Å². The fourth-order valence-corrected chi connectivity index (χ4v) is 2.16. The van der Waals surface area contributed by atoms with Gasteiger partial charge in [0.2, 0.25) is 0 Å². The minimum atomic E-state index is 0.803. The number of rotatable bonds is 4. The van der Waals surface area contributed by atoms with Crippen molar-refractivity contribution >= 4 is 0 Å². The molecule has 3 nitrogen and oxygen atoms in total. The van der Waals surface area contributed by atoms with Crippen LogP contribution in [-0.4, -0.2) is 62.2 Å². The number of hydrogen-bond acceptors (Lipinski definition) is 2. The van der Waals surface area contributed by atoms with E-state index in [0.717, 1.165) is 13.1 Å². The van der Waals surface area contributed by atoms with Crippen LogP contribution in [0.2, 0.25) is 0 Å². The molecule has 78 valence electrons. The molecule has 1 rings (SSSR count). The number of piperazine rings is 1. The Hall–Kier alpha value is -0.120. The molecule has 0 atom stereocenters. The second-order valence-electron chi connectivity index (χ2n) is 4.42. The molecule has 0 aromatic rings. The lowest BCUT2D eigenvalue weighted by molar-refractivity contribution is -0.913. The third-order valence-corrected chi connectivity index (χ3v) is 3.12. The van der Waals surface area contributed by atoms with Crippen LogP contribution in [0.3, 0.4) is 0 Å². The van der Waals surface area contributed by atoms with E-state index in [4.69, 9.17) is 5.73 Å². The normalized spacial score (nSPS) is 23.3. The summed E-state index contributed by atoms with van der Waals surface area (Å²) >= 11 is 0. The Bertz CT molecular complexity index is 139. The maximum absolute atomic E-state index is 5.54. The van der Waals surface area contributed by atoms with Crippen LogP contribution in [-0.2, 0) is 0 Å². The second-order valence-corrected chi connectivity index (χ2v) is 4.42. The molecule has 1 aliphatic rings. The maximum Gasteiger partial charge on any atom is 0.0914 e. The van der Waals surface area contributed by atoms with Crippen LogP contribution in [0.5, 0.6) is 0 Å². The van der Waals surface area contributed by atoms with E-state index in [9.17, 15) is 0 Å². The van der Waals surface area contributed by atoms with Gasteiger partial charge in [0.25, 0.3) is 0 Å². The zero-order valence-electron chi connectivity index (χ0n) is 9.13. The van der Waals surface area contributed by atoms with E-state index in [2.05, 4.69) is 18.9 Å². The molecular formula is C10H24N3+. The van der Waals surface area contributed by atoms with E-state index in [1.807, 2.05) is 0 Å². The van der Waals surface area contributed by atoms with E-state index in [0.29, 0.717) is 0 Å². The molecule has 3 heteroatoms. The Balaban J connectivity index is 2.28. The van der Waals surface area contributed by atoms with Crippen molar-refractivity contribution in [1.82, 2.24) is 4.90 Å². The predicted octanol–water partition coefficient (Wildman–Crippen LogP) is 0.117. The van der Waals surface area contributed by atoms with Gasteiger partial charge in [0, 0.05) is 26.2 Å². The first kappa shape index (κ1) is 11.0. The summed E-state index contributed by atoms with van der Waals surface area (Å²) < 4.78 is 1.26. The molecule has 0 unspecified atom stereocenters. The van der Waals surface area contributed by atoms with Crippen LogP contribution in [0.1, 0.15) is 13.3 Å². The average Bonchev–Trinajstić information content (AvgIpc) is 2.10. The molecule has 0 aromatic carbocycles. The number of likely N-dealkylation sites (N-methyl/N-ethyl adjacent to an activating group) is 1. The first-order valence-electron chi connectivity index (χ1n) is 5.46. The van der Waals surface area contributed by atoms with E-state index >= 15 is 0 Å². The third-order valence-electron chi connectivity index (χ3n) is 3.12. The van der Waals surface area contributed by atoms with Gasteiger partial charge in [-0.2, -0.15) is 0 Å². The summed E-state index contributed by atoms with van der Waals surface area (Å²) in [5.41, 5.74) is 5.54. The van der Waals surface area contributed by atoms with E-state index in [1.165, 1.54) is 43.6 Å². The molecular weight excluding hydrogens is 162 g/mol. The fraction of sp³-hybridized carbons (Fsp3) is 1.00. The number of quaternary nitrogens is 1. The van der Waals surface area contributed by atoms with Gasteiger partial charge in [-0.15, -0.1) is 0 Å². The van der Waals surface area contributed by atoms with Crippen molar-refractivity contribution < 1.29 is 4.48 Å². The molecule has 0 bridgehead atoms. The Labute approximate surface area is 82.1 Å². The Morgan fingerprint density at radius 3 is 2.38 bits per heavy atom. The summed E-state index contributed by atoms with van der Waals surface area (Å²) in [6.07, 6.45) is 1.30. The second kappa shape index (κ2) is 4.94. The van der Waals surface area contributed by atoms with Crippen LogP contribution >= 0.6 is 0 Å². The molecule has 0 aromatic heterocycles. The van der Waals surface area contributed by atoms with Crippen LogP contribution in [0.15, 0.2) is 0 Å². The molecule has 0 saturated carbocycles. The summed E-state index contributed by atoms with van der Waals surface area (Å²) in [6, 6.07) is 0. The molecule has 1 aliphatic heterocycles. The molecule has 1 fully saturated rings. The molecule has 0 radical (unpaired) electrons. The van der Waals surface area contributed by atoms with Gasteiger partial charge in [-0.05, 0) is 6.42 Å². The Morgan fingerprint density at radius 2 is 1.92 bits per heavy atom. The van der Waals surface area contributed by atoms with Crippen LogP contribution < -0.4 is 5.73 Å². The van der Waals surface area contributed by atoms with Crippen LogP contribution in [0.4, 0.5) is 0 Å². The summed E-state index contributed by atoms with van der Waals surface area (Å²) in [5, 5.41) is 0. The average molecular weight is 186 g/mol. The molecule has 0 spiro atoms. The van der Waals surface area contributed by atoms with Gasteiger partial charge in [-0.3, -0.25) is 4.90 Å². The van der Waals surface area contributed by atoms with Gasteiger partial charge >= 0.3 is 0 Å². The Morgan fingerprint density at radius 1 is 1.31 bits per heavy atom. The van der Waals surface area contributed by atoms with Gasteiger partial charge in [0.1, 0.15) is 0 Å². The highest BCUT2D eigenvalue weighted by Gasteiger charge is 2.26. The minimum Gasteiger partial charge on any atom is -0.329 e. The van der Waals surface area contributed by atoms with Gasteiger partial charge in [0.05, 0.1) is 26.7 Å². The smallest absolute Gasteiger partial charge is 0.0914 e. The molecule has 1 heterocycles. The highest BCUT2D eigenvalue weighted by atomic mass is 15.4. The zero-order valence-corrected chi connectivity index (χ0v) is 9.13. The topological polar surface area (TPSA) is 29.3 Å². The molecule has 1 saturated heterocycles. The number of nitrogens with zero attached hydrogens (tertiary/aromatic N) is 2. The van der Waals surface area contributed by atoms with E-state index < -0.39 is 0 Å². The minimum absolute atomic E-state index is 0.803. The predicted molar refractivity (Wildman–Crippen MR) is 56.6 cm³/mol. The van der Waals surface area contributed by atoms with Crippen LogP contribution in [0, 0.1) is 0 Å². The van der Waals surface area contributed by atoms with Gasteiger partial charge in [-0.25, -0.2) is 0 Å². The largest absolute Gasteiger partial charge is 0.329 e. The summed E-state index contributed by atoms with van der Waals surface area (Å²) in [5.74, 6) is 0. The summed E-state index contributed by atoms with van der Waals surface area (Å²) in [4.78, 5) is 2.48. The lowest BCUT2D eigenvalue weighted by Crippen LogP contribution is -2.57. The summed E-state index contributed by atoms with van der Waals surface area (Å²) in [7, 11) is 2.38. The van der Waals surface area contributed by atoms with Crippen molar-refractivity contribution in [3.63, 3.8) is 0 Å². The van der Waals surface area contributed by atoms with Gasteiger partial charge < -0.3 is 10.2 Å². The van der Waals surface area contributed by atoms with Crippen molar-refractivity contribution in [3.8, 4) is 0 Å². The lowest BCUT2D eigenvalue weighted by Gasteiger charge is -2.41. The number of hydrogen-bond donors (Lipinski definition) is 1. The van der Waals surface area contributed by atoms with Gasteiger partial charge in [-0.1, -0.05) is 6.92 Å². The first-order chi connectivity index (χ1) is 6.20. The Kier molecular flexibility index (Phi) is 4.16. The molecule has 0 amide bonds. The lowest BCUT2D eigenvalue weighted by atomic mass is 10.2. The fourth-order valence-electron chi connectivity index (χ4n) is 2.16. The number of nitrogens with two attached hydrogens (primary N) is 1. The SMILES string of the molecule is CCC[N+]1(C)CCN(CCN)CC1. The quantitative estimate of drug-likeness (QED) is 0.632. The standard InChI is InChI=1S/C10H24N3/c1-3-8-13(2)9-6-12(5-4-11)7-10-13/h3-11H2,1-2H3/q+1.